The molecule has 2 heterocycles. The van der Waals surface area contributed by atoms with Gasteiger partial charge >= 0.3 is 0 Å². The van der Waals surface area contributed by atoms with Crippen molar-refractivity contribution in [2.24, 2.45) is 0 Å². The summed E-state index contributed by atoms with van der Waals surface area (Å²) < 4.78 is 0. The average molecular weight is 241 g/mol. The molecule has 1 saturated heterocycles. The maximum Gasteiger partial charge on any atom is 0.140 e. The Balaban J connectivity index is 2.07. The first-order valence-electron chi connectivity index (χ1n) is 6.66. The first kappa shape index (κ1) is 12.9. The number of piperidine rings is 1. The van der Waals surface area contributed by atoms with Crippen LogP contribution in [0.4, 0.5) is 0 Å². The first-order chi connectivity index (χ1) is 8.77. The average Bonchev–Trinajstić information content (AvgIpc) is 2.40. The Labute approximate surface area is 110 Å². The van der Waals surface area contributed by atoms with Crippen LogP contribution in [0.1, 0.15) is 37.8 Å². The van der Waals surface area contributed by atoms with Crippen LogP contribution in [-0.4, -0.2) is 18.1 Å². The van der Waals surface area contributed by atoms with E-state index in [2.05, 4.69) is 29.5 Å². The van der Waals surface area contributed by atoms with E-state index in [1.807, 2.05) is 25.4 Å². The minimum Gasteiger partial charge on any atom is -0.319 e. The summed E-state index contributed by atoms with van der Waals surface area (Å²) in [6, 6.07) is 4.78. The van der Waals surface area contributed by atoms with Crippen LogP contribution in [0.2, 0.25) is 0 Å². The number of likely N-dealkylation sites (tertiary alicyclic amines) is 1. The van der Waals surface area contributed by atoms with Crippen LogP contribution in [0.3, 0.4) is 0 Å². The van der Waals surface area contributed by atoms with Gasteiger partial charge in [-0.2, -0.15) is 0 Å². The highest BCUT2D eigenvalue weighted by molar-refractivity contribution is 5.23. The zero-order valence-corrected chi connectivity index (χ0v) is 11.1. The van der Waals surface area contributed by atoms with Crippen LogP contribution in [0, 0.1) is 11.8 Å². The molecule has 1 aromatic heterocycles. The lowest BCUT2D eigenvalue weighted by molar-refractivity contribution is -0.930. The first-order valence-corrected chi connectivity index (χ1v) is 6.66. The van der Waals surface area contributed by atoms with Crippen molar-refractivity contribution < 1.29 is 4.90 Å². The fraction of sp³-hybridized carbons (Fsp3) is 0.438. The van der Waals surface area contributed by atoms with E-state index < -0.39 is 0 Å². The number of nitrogens with zero attached hydrogens (tertiary/aromatic N) is 1. The van der Waals surface area contributed by atoms with Gasteiger partial charge in [-0.15, -0.1) is 0 Å². The van der Waals surface area contributed by atoms with E-state index in [4.69, 9.17) is 0 Å². The van der Waals surface area contributed by atoms with Crippen LogP contribution < -0.4 is 4.90 Å². The predicted molar refractivity (Wildman–Crippen MR) is 74.1 cm³/mol. The van der Waals surface area contributed by atoms with Crippen LogP contribution in [0.25, 0.3) is 0 Å². The quantitative estimate of drug-likeness (QED) is 0.781. The molecule has 0 spiro atoms. The molecule has 1 fully saturated rings. The Morgan fingerprint density at radius 1 is 1.56 bits per heavy atom. The minimum atomic E-state index is 0.562. The number of allylic oxidation sites excluding steroid dienone is 1. The SMILES string of the molecule is C=C(C)C#CC[NH+]1CCCC[C@H]1c1cccnc1. The third kappa shape index (κ3) is 3.45. The maximum atomic E-state index is 4.24. The van der Waals surface area contributed by atoms with Gasteiger partial charge in [-0.1, -0.05) is 18.6 Å². The van der Waals surface area contributed by atoms with Gasteiger partial charge in [0.2, 0.25) is 0 Å². The minimum absolute atomic E-state index is 0.562. The summed E-state index contributed by atoms with van der Waals surface area (Å²) >= 11 is 0. The Hall–Kier alpha value is -1.59. The third-order valence-corrected chi connectivity index (χ3v) is 3.44. The second-order valence-electron chi connectivity index (χ2n) is 5.00. The Bertz CT molecular complexity index is 453. The summed E-state index contributed by atoms with van der Waals surface area (Å²) in [6.07, 6.45) is 7.71. The highest BCUT2D eigenvalue weighted by atomic mass is 15.2. The van der Waals surface area contributed by atoms with Crippen LogP contribution >= 0.6 is 0 Å². The summed E-state index contributed by atoms with van der Waals surface area (Å²) in [5, 5.41) is 0. The van der Waals surface area contributed by atoms with E-state index in [-0.39, 0.29) is 0 Å². The number of quaternary nitrogens is 1. The molecule has 0 bridgehead atoms. The third-order valence-electron chi connectivity index (χ3n) is 3.44. The molecule has 0 aromatic carbocycles. The molecule has 1 aliphatic rings. The standard InChI is InChI=1S/C16H20N2/c1-14(2)7-6-12-18-11-4-3-9-16(18)15-8-5-10-17-13-15/h5,8,10,13,16H,1,3-4,9,11-12H2,2H3/p+1/t16-/m0/s1. The van der Waals surface area contributed by atoms with Gasteiger partial charge in [0.05, 0.1) is 6.54 Å². The van der Waals surface area contributed by atoms with Crippen molar-refractivity contribution >= 4 is 0 Å². The Morgan fingerprint density at radius 2 is 2.44 bits per heavy atom. The van der Waals surface area contributed by atoms with Crippen LogP contribution in [0.5, 0.6) is 0 Å². The molecule has 1 aromatic rings. The van der Waals surface area contributed by atoms with Gasteiger partial charge < -0.3 is 4.90 Å². The van der Waals surface area contributed by atoms with Gasteiger partial charge in [0.1, 0.15) is 12.6 Å². The molecule has 0 radical (unpaired) electrons. The van der Waals surface area contributed by atoms with E-state index >= 15 is 0 Å². The monoisotopic (exact) mass is 241 g/mol. The van der Waals surface area contributed by atoms with Gasteiger partial charge in [0, 0.05) is 24.4 Å². The lowest BCUT2D eigenvalue weighted by Gasteiger charge is -2.31. The van der Waals surface area contributed by atoms with Crippen molar-refractivity contribution in [1.82, 2.24) is 4.98 Å². The van der Waals surface area contributed by atoms with Crippen molar-refractivity contribution in [3.63, 3.8) is 0 Å². The second kappa shape index (κ2) is 6.37. The summed E-state index contributed by atoms with van der Waals surface area (Å²) in [5.74, 6) is 6.33. The molecular formula is C16H21N2+. The molecule has 1 unspecified atom stereocenters. The molecule has 2 atom stereocenters. The lowest BCUT2D eigenvalue weighted by Crippen LogP contribution is -3.13. The largest absolute Gasteiger partial charge is 0.319 e. The van der Waals surface area contributed by atoms with Gasteiger partial charge in [0.15, 0.2) is 0 Å². The van der Waals surface area contributed by atoms with Crippen molar-refractivity contribution in [3.8, 4) is 11.8 Å². The zero-order chi connectivity index (χ0) is 12.8. The van der Waals surface area contributed by atoms with Crippen LogP contribution in [-0.2, 0) is 0 Å². The molecule has 0 saturated carbocycles. The highest BCUT2D eigenvalue weighted by Gasteiger charge is 2.26. The molecule has 0 amide bonds. The molecule has 2 nitrogen and oxygen atoms in total. The van der Waals surface area contributed by atoms with E-state index in [9.17, 15) is 0 Å². The van der Waals surface area contributed by atoms with Gasteiger partial charge in [-0.3, -0.25) is 4.98 Å². The maximum absolute atomic E-state index is 4.24. The number of nitrogens with one attached hydrogen (secondary N) is 1. The predicted octanol–water partition coefficient (Wildman–Crippen LogP) is 1.77. The molecular weight excluding hydrogens is 220 g/mol. The summed E-state index contributed by atoms with van der Waals surface area (Å²) in [5.41, 5.74) is 2.30. The fourth-order valence-electron chi connectivity index (χ4n) is 2.58. The number of aromatic nitrogens is 1. The van der Waals surface area contributed by atoms with Gasteiger partial charge in [0.25, 0.3) is 0 Å². The van der Waals surface area contributed by atoms with Crippen molar-refractivity contribution in [2.45, 2.75) is 32.2 Å². The van der Waals surface area contributed by atoms with Crippen LogP contribution in [0.15, 0.2) is 36.7 Å². The molecule has 1 aliphatic heterocycles. The smallest absolute Gasteiger partial charge is 0.140 e. The summed E-state index contributed by atoms with van der Waals surface area (Å²) in [7, 11) is 0. The molecule has 1 N–H and O–H groups in total. The molecule has 94 valence electrons. The lowest BCUT2D eigenvalue weighted by atomic mass is 9.96. The number of hydrogen-bond donors (Lipinski definition) is 1. The summed E-state index contributed by atoms with van der Waals surface area (Å²) in [6.45, 7) is 7.90. The van der Waals surface area contributed by atoms with Gasteiger partial charge in [-0.05, 0) is 37.3 Å². The van der Waals surface area contributed by atoms with E-state index in [0.29, 0.717) is 6.04 Å². The van der Waals surface area contributed by atoms with E-state index in [1.165, 1.54) is 31.4 Å². The van der Waals surface area contributed by atoms with E-state index in [1.54, 1.807) is 4.90 Å². The molecule has 2 rings (SSSR count). The number of pyridine rings is 1. The number of rotatable bonds is 2. The molecule has 0 aliphatic carbocycles. The van der Waals surface area contributed by atoms with Crippen molar-refractivity contribution in [3.05, 3.63) is 42.2 Å². The van der Waals surface area contributed by atoms with Gasteiger partial charge in [-0.25, -0.2) is 0 Å². The molecule has 18 heavy (non-hydrogen) atoms. The fourth-order valence-corrected chi connectivity index (χ4v) is 2.58. The highest BCUT2D eigenvalue weighted by Crippen LogP contribution is 2.17. The Kier molecular flexibility index (Phi) is 4.55. The summed E-state index contributed by atoms with van der Waals surface area (Å²) in [4.78, 5) is 5.81. The number of hydrogen-bond acceptors (Lipinski definition) is 1. The molecule has 2 heteroatoms. The zero-order valence-electron chi connectivity index (χ0n) is 11.1. The topological polar surface area (TPSA) is 17.3 Å². The second-order valence-corrected chi connectivity index (χ2v) is 5.00. The van der Waals surface area contributed by atoms with E-state index in [0.717, 1.165) is 12.1 Å². The normalized spacial score (nSPS) is 22.9. The van der Waals surface area contributed by atoms with Crippen molar-refractivity contribution in [2.75, 3.05) is 13.1 Å². The Morgan fingerprint density at radius 3 is 3.17 bits per heavy atom. The van der Waals surface area contributed by atoms with Crippen molar-refractivity contribution in [1.29, 1.82) is 0 Å².